The highest BCUT2D eigenvalue weighted by Crippen LogP contribution is 2.33. The summed E-state index contributed by atoms with van der Waals surface area (Å²) in [5, 5.41) is 9.17. The fourth-order valence-corrected chi connectivity index (χ4v) is 4.98. The number of nitrogens with zero attached hydrogens (tertiary/aromatic N) is 1. The quantitative estimate of drug-likeness (QED) is 0.239. The number of ether oxygens (including phenoxy) is 1. The lowest BCUT2D eigenvalue weighted by molar-refractivity contribution is -0.140. The Morgan fingerprint density at radius 3 is 2.29 bits per heavy atom. The van der Waals surface area contributed by atoms with Gasteiger partial charge >= 0.3 is 6.18 Å². The molecule has 206 valence electrons. The second-order valence-corrected chi connectivity index (χ2v) is 10.8. The third-order valence-corrected chi connectivity index (χ3v) is 6.98. The molecule has 0 heterocycles. The molecule has 0 aliphatic carbocycles. The predicted octanol–water partition coefficient (Wildman–Crippen LogP) is 5.39. The molecule has 0 fully saturated rings. The van der Waals surface area contributed by atoms with E-state index in [0.29, 0.717) is 35.9 Å². The molecule has 0 spiro atoms. The van der Waals surface area contributed by atoms with Gasteiger partial charge in [-0.05, 0) is 54.3 Å². The van der Waals surface area contributed by atoms with E-state index in [1.807, 2.05) is 0 Å². The van der Waals surface area contributed by atoms with E-state index in [9.17, 15) is 35.5 Å². The molecule has 0 aliphatic heterocycles. The fourth-order valence-electron chi connectivity index (χ4n) is 4.00. The molecule has 0 amide bonds. The summed E-state index contributed by atoms with van der Waals surface area (Å²) in [6.07, 6.45) is -3.21. The molecule has 3 aromatic rings. The van der Waals surface area contributed by atoms with Gasteiger partial charge in [0.15, 0.2) is 9.84 Å². The maximum atomic E-state index is 14.7. The van der Waals surface area contributed by atoms with E-state index in [1.54, 1.807) is 29.2 Å². The first-order valence-corrected chi connectivity index (χ1v) is 13.7. The smallest absolute Gasteiger partial charge is 0.419 e. The van der Waals surface area contributed by atoms with Gasteiger partial charge in [0, 0.05) is 38.1 Å². The molecule has 0 saturated carbocycles. The minimum atomic E-state index is -4.83. The summed E-state index contributed by atoms with van der Waals surface area (Å²) in [5.41, 5.74) is -0.306. The first-order chi connectivity index (χ1) is 17.9. The van der Waals surface area contributed by atoms with Crippen molar-refractivity contribution in [3.05, 3.63) is 94.6 Å². The normalized spacial score (nSPS) is 12.2. The topological polar surface area (TPSA) is 66.8 Å². The summed E-state index contributed by atoms with van der Waals surface area (Å²) in [6, 6.07) is 13.3. The highest BCUT2D eigenvalue weighted by Gasteiger charge is 2.34. The number of alkyl halides is 3. The van der Waals surface area contributed by atoms with E-state index in [1.165, 1.54) is 24.3 Å². The average Bonchev–Trinajstić information content (AvgIpc) is 2.84. The van der Waals surface area contributed by atoms with E-state index >= 15 is 0 Å². The van der Waals surface area contributed by atoms with E-state index in [4.69, 9.17) is 4.74 Å². The van der Waals surface area contributed by atoms with Crippen molar-refractivity contribution in [1.29, 1.82) is 0 Å². The monoisotopic (exact) mass is 557 g/mol. The molecule has 0 saturated heterocycles. The van der Waals surface area contributed by atoms with Crippen molar-refractivity contribution in [3.63, 3.8) is 0 Å². The van der Waals surface area contributed by atoms with Crippen molar-refractivity contribution in [1.82, 2.24) is 4.90 Å². The second kappa shape index (κ2) is 12.7. The van der Waals surface area contributed by atoms with Crippen LogP contribution in [0.2, 0.25) is 0 Å². The lowest BCUT2D eigenvalue weighted by Crippen LogP contribution is -2.26. The van der Waals surface area contributed by atoms with Crippen LogP contribution in [0.15, 0.2) is 65.6 Å². The minimum absolute atomic E-state index is 0.0574. The molecule has 1 N–H and O–H groups in total. The number of hydrogen-bond donors (Lipinski definition) is 1. The largest absolute Gasteiger partial charge is 0.494 e. The van der Waals surface area contributed by atoms with Crippen LogP contribution in [0.3, 0.4) is 0 Å². The summed E-state index contributed by atoms with van der Waals surface area (Å²) in [6.45, 7) is 0.340. The van der Waals surface area contributed by atoms with Crippen LogP contribution in [0, 0.1) is 11.6 Å². The number of halogens is 5. The van der Waals surface area contributed by atoms with Gasteiger partial charge in [-0.25, -0.2) is 17.2 Å². The van der Waals surface area contributed by atoms with Crippen molar-refractivity contribution in [3.8, 4) is 5.75 Å². The summed E-state index contributed by atoms with van der Waals surface area (Å²) in [4.78, 5) is 1.78. The van der Waals surface area contributed by atoms with Gasteiger partial charge in [0.25, 0.3) is 0 Å². The molecule has 38 heavy (non-hydrogen) atoms. The van der Waals surface area contributed by atoms with E-state index in [0.717, 1.165) is 12.3 Å². The molecule has 0 atom stereocenters. The Labute approximate surface area is 218 Å². The van der Waals surface area contributed by atoms with Crippen LogP contribution >= 0.6 is 0 Å². The van der Waals surface area contributed by atoms with Crippen molar-refractivity contribution in [2.75, 3.05) is 26.0 Å². The molecule has 5 nitrogen and oxygen atoms in total. The van der Waals surface area contributed by atoms with Gasteiger partial charge in [-0.1, -0.05) is 30.3 Å². The Morgan fingerprint density at radius 1 is 0.947 bits per heavy atom. The molecule has 11 heteroatoms. The van der Waals surface area contributed by atoms with Crippen LogP contribution in [-0.4, -0.2) is 44.4 Å². The third-order valence-electron chi connectivity index (χ3n) is 5.80. The SMILES string of the molecule is CS(=O)(=O)c1cc(OCCCN(Cc2ccc(F)cc2)Cc2cccc(C(F)(F)F)c2F)ccc1CCO. The average molecular weight is 558 g/mol. The predicted molar refractivity (Wildman–Crippen MR) is 132 cm³/mol. The number of hydrogen-bond acceptors (Lipinski definition) is 5. The third kappa shape index (κ3) is 8.24. The highest BCUT2D eigenvalue weighted by atomic mass is 32.2. The maximum Gasteiger partial charge on any atom is 0.419 e. The van der Waals surface area contributed by atoms with Crippen molar-refractivity contribution in [2.24, 2.45) is 0 Å². The molecule has 0 bridgehead atoms. The number of aliphatic hydroxyl groups excluding tert-OH is 1. The van der Waals surface area contributed by atoms with Crippen LogP contribution in [0.1, 0.15) is 28.7 Å². The van der Waals surface area contributed by atoms with Gasteiger partial charge in [-0.2, -0.15) is 13.2 Å². The van der Waals surface area contributed by atoms with Crippen LogP contribution in [0.25, 0.3) is 0 Å². The van der Waals surface area contributed by atoms with E-state index in [-0.39, 0.29) is 43.2 Å². The first-order valence-electron chi connectivity index (χ1n) is 11.8. The standard InChI is InChI=1S/C27H28F5NO4S/c1-38(35,36)25-16-23(11-8-20(25)12-14-34)37-15-3-13-33(17-19-6-9-22(28)10-7-19)18-21-4-2-5-24(26(21)29)27(30,31)32/h2,4-11,16,34H,3,12-15,17-18H2,1H3. The number of benzene rings is 3. The Hall–Kier alpha value is -3.02. The highest BCUT2D eigenvalue weighted by molar-refractivity contribution is 7.90. The molecule has 3 rings (SSSR count). The Balaban J connectivity index is 1.72. The second-order valence-electron chi connectivity index (χ2n) is 8.83. The lowest BCUT2D eigenvalue weighted by atomic mass is 10.1. The van der Waals surface area contributed by atoms with Crippen LogP contribution < -0.4 is 4.74 Å². The summed E-state index contributed by atoms with van der Waals surface area (Å²) in [7, 11) is -3.55. The number of aliphatic hydroxyl groups is 1. The van der Waals surface area contributed by atoms with Gasteiger partial charge in [0.05, 0.1) is 17.1 Å². The molecule has 3 aromatic carbocycles. The van der Waals surface area contributed by atoms with Gasteiger partial charge in [0.2, 0.25) is 0 Å². The van der Waals surface area contributed by atoms with E-state index in [2.05, 4.69) is 0 Å². The number of rotatable bonds is 12. The van der Waals surface area contributed by atoms with Crippen molar-refractivity contribution >= 4 is 9.84 Å². The Kier molecular flexibility index (Phi) is 9.86. The maximum absolute atomic E-state index is 14.7. The molecule has 0 unspecified atom stereocenters. The molecule has 0 radical (unpaired) electrons. The Morgan fingerprint density at radius 2 is 1.66 bits per heavy atom. The number of sulfone groups is 1. The minimum Gasteiger partial charge on any atom is -0.494 e. The van der Waals surface area contributed by atoms with Crippen LogP contribution in [0.4, 0.5) is 22.0 Å². The molecular formula is C27H28F5NO4S. The van der Waals surface area contributed by atoms with Crippen molar-refractivity contribution in [2.45, 2.75) is 37.0 Å². The fraction of sp³-hybridized carbons (Fsp3) is 0.333. The summed E-state index contributed by atoms with van der Waals surface area (Å²) < 4.78 is 97.4. The lowest BCUT2D eigenvalue weighted by Gasteiger charge is -2.24. The van der Waals surface area contributed by atoms with E-state index < -0.39 is 33.2 Å². The zero-order chi connectivity index (χ0) is 27.9. The molecule has 0 aromatic heterocycles. The molecule has 0 aliphatic rings. The zero-order valence-corrected chi connectivity index (χ0v) is 21.5. The summed E-state index contributed by atoms with van der Waals surface area (Å²) >= 11 is 0. The van der Waals surface area contributed by atoms with Gasteiger partial charge in [0.1, 0.15) is 17.4 Å². The van der Waals surface area contributed by atoms with Gasteiger partial charge in [-0.15, -0.1) is 0 Å². The molecular weight excluding hydrogens is 529 g/mol. The van der Waals surface area contributed by atoms with Crippen LogP contribution in [-0.2, 0) is 35.5 Å². The van der Waals surface area contributed by atoms with Crippen molar-refractivity contribution < 1.29 is 40.2 Å². The van der Waals surface area contributed by atoms with Crippen LogP contribution in [0.5, 0.6) is 5.75 Å². The Bertz CT molecular complexity index is 1330. The summed E-state index contributed by atoms with van der Waals surface area (Å²) in [5.74, 6) is -1.46. The zero-order valence-electron chi connectivity index (χ0n) is 20.6. The first kappa shape index (κ1) is 29.5. The van der Waals surface area contributed by atoms with Gasteiger partial charge < -0.3 is 9.84 Å². The van der Waals surface area contributed by atoms with Gasteiger partial charge in [-0.3, -0.25) is 4.90 Å².